The average molecular weight is 285 g/mol. The number of thioether (sulfide) groups is 1. The Hall–Kier alpha value is -1.65. The van der Waals surface area contributed by atoms with Gasteiger partial charge >= 0.3 is 0 Å². The van der Waals surface area contributed by atoms with Gasteiger partial charge in [-0.05, 0) is 22.4 Å². The number of likely N-dealkylation sites (N-methyl/N-ethyl adjacent to an activating group) is 1. The molecule has 1 heterocycles. The highest BCUT2D eigenvalue weighted by Gasteiger charge is 2.28. The van der Waals surface area contributed by atoms with E-state index >= 15 is 0 Å². The van der Waals surface area contributed by atoms with E-state index in [9.17, 15) is 4.79 Å². The van der Waals surface area contributed by atoms with Crippen LogP contribution < -0.4 is 0 Å². The molecule has 1 saturated heterocycles. The van der Waals surface area contributed by atoms with Crippen molar-refractivity contribution >= 4 is 51.1 Å². The van der Waals surface area contributed by atoms with Crippen molar-refractivity contribution < 1.29 is 4.79 Å². The van der Waals surface area contributed by atoms with Gasteiger partial charge in [-0.1, -0.05) is 66.4 Å². The van der Waals surface area contributed by atoms with Gasteiger partial charge in [0.1, 0.15) is 4.32 Å². The number of amides is 1. The molecule has 94 valence electrons. The second-order valence-electron chi connectivity index (χ2n) is 4.31. The van der Waals surface area contributed by atoms with Gasteiger partial charge in [-0.25, -0.2) is 0 Å². The summed E-state index contributed by atoms with van der Waals surface area (Å²) < 4.78 is 0.608. The number of thiocarbonyl (C=S) groups is 1. The number of hydrogen-bond acceptors (Lipinski definition) is 3. The fraction of sp³-hybridized carbons (Fsp3) is 0.0667. The minimum atomic E-state index is -0.0251. The molecule has 0 spiro atoms. The van der Waals surface area contributed by atoms with Gasteiger partial charge in [0, 0.05) is 7.05 Å². The molecule has 1 fully saturated rings. The molecule has 0 atom stereocenters. The Balaban J connectivity index is 2.12. The van der Waals surface area contributed by atoms with Crippen LogP contribution in [0.15, 0.2) is 47.4 Å². The number of benzene rings is 2. The summed E-state index contributed by atoms with van der Waals surface area (Å²) in [5, 5.41) is 2.31. The van der Waals surface area contributed by atoms with E-state index in [4.69, 9.17) is 12.2 Å². The predicted octanol–water partition coefficient (Wildman–Crippen LogP) is 3.67. The highest BCUT2D eigenvalue weighted by Crippen LogP contribution is 2.32. The lowest BCUT2D eigenvalue weighted by molar-refractivity contribution is -0.121. The van der Waals surface area contributed by atoms with Crippen molar-refractivity contribution in [1.82, 2.24) is 4.90 Å². The fourth-order valence-corrected chi connectivity index (χ4v) is 3.23. The molecule has 4 heteroatoms. The maximum atomic E-state index is 12.0. The summed E-state index contributed by atoms with van der Waals surface area (Å²) in [5.41, 5.74) is 1.05. The minimum absolute atomic E-state index is 0.0251. The van der Waals surface area contributed by atoms with Crippen LogP contribution in [0.4, 0.5) is 0 Å². The summed E-state index contributed by atoms with van der Waals surface area (Å²) in [4.78, 5) is 14.2. The summed E-state index contributed by atoms with van der Waals surface area (Å²) in [6, 6.07) is 14.2. The molecule has 0 radical (unpaired) electrons. The topological polar surface area (TPSA) is 20.3 Å². The molecule has 0 aliphatic carbocycles. The van der Waals surface area contributed by atoms with Crippen molar-refractivity contribution in [2.75, 3.05) is 7.05 Å². The molecule has 0 bridgehead atoms. The molecule has 19 heavy (non-hydrogen) atoms. The van der Waals surface area contributed by atoms with Crippen LogP contribution in [-0.4, -0.2) is 22.2 Å². The zero-order chi connectivity index (χ0) is 13.4. The molecule has 0 unspecified atom stereocenters. The van der Waals surface area contributed by atoms with Crippen LogP contribution >= 0.6 is 24.0 Å². The van der Waals surface area contributed by atoms with E-state index in [0.717, 1.165) is 10.9 Å². The predicted molar refractivity (Wildman–Crippen MR) is 84.9 cm³/mol. The third kappa shape index (κ3) is 2.17. The van der Waals surface area contributed by atoms with E-state index in [0.29, 0.717) is 9.23 Å². The van der Waals surface area contributed by atoms with E-state index < -0.39 is 0 Å². The molecule has 3 rings (SSSR count). The van der Waals surface area contributed by atoms with Crippen LogP contribution in [0.2, 0.25) is 0 Å². The van der Waals surface area contributed by atoms with Gasteiger partial charge in [0.15, 0.2) is 0 Å². The Kier molecular flexibility index (Phi) is 3.12. The standard InChI is InChI=1S/C15H11NOS2/c1-16-14(17)13(19-15(16)18)9-11-7-4-6-10-5-2-3-8-12(10)11/h2-9H,1H3/b13-9-. The maximum Gasteiger partial charge on any atom is 0.265 e. The zero-order valence-corrected chi connectivity index (χ0v) is 11.9. The molecule has 2 aromatic rings. The lowest BCUT2D eigenvalue weighted by Crippen LogP contribution is -2.22. The van der Waals surface area contributed by atoms with E-state index in [1.54, 1.807) is 7.05 Å². The van der Waals surface area contributed by atoms with Crippen LogP contribution in [0, 0.1) is 0 Å². The monoisotopic (exact) mass is 285 g/mol. The quantitative estimate of drug-likeness (QED) is 0.589. The molecule has 2 nitrogen and oxygen atoms in total. The maximum absolute atomic E-state index is 12.0. The highest BCUT2D eigenvalue weighted by atomic mass is 32.2. The summed E-state index contributed by atoms with van der Waals surface area (Å²) >= 11 is 6.49. The van der Waals surface area contributed by atoms with Gasteiger partial charge < -0.3 is 0 Å². The van der Waals surface area contributed by atoms with Crippen LogP contribution in [0.3, 0.4) is 0 Å². The first-order chi connectivity index (χ1) is 9.16. The SMILES string of the molecule is CN1C(=O)/C(=C/c2cccc3ccccc23)SC1=S. The smallest absolute Gasteiger partial charge is 0.265 e. The Morgan fingerprint density at radius 3 is 2.63 bits per heavy atom. The fourth-order valence-electron chi connectivity index (χ4n) is 2.06. The van der Waals surface area contributed by atoms with E-state index in [1.807, 2.05) is 30.3 Å². The van der Waals surface area contributed by atoms with Crippen molar-refractivity contribution in [3.8, 4) is 0 Å². The third-order valence-corrected chi connectivity index (χ3v) is 4.58. The lowest BCUT2D eigenvalue weighted by atomic mass is 10.0. The van der Waals surface area contributed by atoms with Gasteiger partial charge in [-0.15, -0.1) is 0 Å². The number of nitrogens with zero attached hydrogens (tertiary/aromatic N) is 1. The van der Waals surface area contributed by atoms with E-state index in [-0.39, 0.29) is 5.91 Å². The Bertz CT molecular complexity index is 716. The van der Waals surface area contributed by atoms with Gasteiger partial charge in [0.25, 0.3) is 5.91 Å². The molecular formula is C15H11NOS2. The van der Waals surface area contributed by atoms with Gasteiger partial charge in [-0.2, -0.15) is 0 Å². The van der Waals surface area contributed by atoms with Crippen molar-refractivity contribution in [2.45, 2.75) is 0 Å². The lowest BCUT2D eigenvalue weighted by Gasteiger charge is -2.04. The summed E-state index contributed by atoms with van der Waals surface area (Å²) in [5.74, 6) is -0.0251. The summed E-state index contributed by atoms with van der Waals surface area (Å²) in [7, 11) is 1.71. The van der Waals surface area contributed by atoms with Crippen molar-refractivity contribution in [3.05, 3.63) is 52.9 Å². The molecule has 1 aliphatic rings. The van der Waals surface area contributed by atoms with Crippen LogP contribution in [0.25, 0.3) is 16.8 Å². The largest absolute Gasteiger partial charge is 0.296 e. The summed E-state index contributed by atoms with van der Waals surface area (Å²) in [6.45, 7) is 0. The van der Waals surface area contributed by atoms with Crippen LogP contribution in [0.1, 0.15) is 5.56 Å². The van der Waals surface area contributed by atoms with E-state index in [1.165, 1.54) is 22.0 Å². The number of carbonyl (C=O) groups excluding carboxylic acids is 1. The normalized spacial score (nSPS) is 17.7. The van der Waals surface area contributed by atoms with Crippen molar-refractivity contribution in [2.24, 2.45) is 0 Å². The molecule has 0 aromatic heterocycles. The number of hydrogen-bond donors (Lipinski definition) is 0. The molecule has 2 aromatic carbocycles. The highest BCUT2D eigenvalue weighted by molar-refractivity contribution is 8.26. The molecule has 1 aliphatic heterocycles. The second-order valence-corrected chi connectivity index (χ2v) is 5.98. The number of fused-ring (bicyclic) bond motifs is 1. The van der Waals surface area contributed by atoms with Crippen molar-refractivity contribution in [1.29, 1.82) is 0 Å². The molecule has 1 amide bonds. The zero-order valence-electron chi connectivity index (χ0n) is 10.3. The third-order valence-electron chi connectivity index (χ3n) is 3.10. The average Bonchev–Trinajstić information content (AvgIpc) is 2.67. The number of rotatable bonds is 1. The Labute approximate surface area is 121 Å². The Morgan fingerprint density at radius 2 is 1.89 bits per heavy atom. The first kappa shape index (κ1) is 12.4. The molecule has 0 N–H and O–H groups in total. The minimum Gasteiger partial charge on any atom is -0.296 e. The van der Waals surface area contributed by atoms with Gasteiger partial charge in [-0.3, -0.25) is 9.69 Å². The van der Waals surface area contributed by atoms with Crippen molar-refractivity contribution in [3.63, 3.8) is 0 Å². The Morgan fingerprint density at radius 1 is 1.16 bits per heavy atom. The second kappa shape index (κ2) is 4.79. The van der Waals surface area contributed by atoms with Gasteiger partial charge in [0.2, 0.25) is 0 Å². The first-order valence-corrected chi connectivity index (χ1v) is 7.08. The first-order valence-electron chi connectivity index (χ1n) is 5.86. The molecule has 0 saturated carbocycles. The van der Waals surface area contributed by atoms with Crippen LogP contribution in [0.5, 0.6) is 0 Å². The molecular weight excluding hydrogens is 274 g/mol. The van der Waals surface area contributed by atoms with Gasteiger partial charge in [0.05, 0.1) is 4.91 Å². The number of carbonyl (C=O) groups is 1. The van der Waals surface area contributed by atoms with E-state index in [2.05, 4.69) is 18.2 Å². The summed E-state index contributed by atoms with van der Waals surface area (Å²) in [6.07, 6.45) is 1.92. The van der Waals surface area contributed by atoms with Crippen LogP contribution in [-0.2, 0) is 4.79 Å².